The van der Waals surface area contributed by atoms with E-state index >= 15 is 0 Å². The summed E-state index contributed by atoms with van der Waals surface area (Å²) in [6.45, 7) is 6.15. The van der Waals surface area contributed by atoms with E-state index in [1.807, 2.05) is 26.0 Å². The lowest BCUT2D eigenvalue weighted by molar-refractivity contribution is -0.122. The van der Waals surface area contributed by atoms with Crippen LogP contribution in [0.1, 0.15) is 42.0 Å². The number of amides is 1. The molecule has 1 atom stereocenters. The van der Waals surface area contributed by atoms with Crippen molar-refractivity contribution < 1.29 is 9.32 Å². The van der Waals surface area contributed by atoms with Crippen LogP contribution in [0.15, 0.2) is 33.6 Å². The number of hydrogen-bond acceptors (Lipinski definition) is 5. The molecule has 2 N–H and O–H groups in total. The van der Waals surface area contributed by atoms with Gasteiger partial charge in [0.15, 0.2) is 0 Å². The van der Waals surface area contributed by atoms with Gasteiger partial charge in [0.25, 0.3) is 5.56 Å². The van der Waals surface area contributed by atoms with Gasteiger partial charge in [-0.3, -0.25) is 9.59 Å². The Labute approximate surface area is 150 Å². The van der Waals surface area contributed by atoms with Crippen molar-refractivity contribution in [1.82, 2.24) is 20.7 Å². The third-order valence-electron chi connectivity index (χ3n) is 4.61. The first-order valence-electron chi connectivity index (χ1n) is 8.65. The van der Waals surface area contributed by atoms with Gasteiger partial charge in [0.2, 0.25) is 5.91 Å². The number of carbonyl (C=O) groups is 1. The highest BCUT2D eigenvalue weighted by Gasteiger charge is 2.20. The first-order chi connectivity index (χ1) is 12.5. The number of aromatic amines is 1. The van der Waals surface area contributed by atoms with Crippen molar-refractivity contribution in [2.45, 2.75) is 39.5 Å². The second kappa shape index (κ2) is 7.51. The first kappa shape index (κ1) is 17.8. The molecule has 0 radical (unpaired) electrons. The van der Waals surface area contributed by atoms with Gasteiger partial charge in [-0.2, -0.15) is 5.10 Å². The Morgan fingerprint density at radius 1 is 1.27 bits per heavy atom. The van der Waals surface area contributed by atoms with Gasteiger partial charge in [0.1, 0.15) is 5.76 Å². The molecule has 0 aliphatic rings. The molecule has 2 aromatic heterocycles. The highest BCUT2D eigenvalue weighted by molar-refractivity contribution is 5.90. The van der Waals surface area contributed by atoms with Crippen molar-refractivity contribution in [2.75, 3.05) is 6.54 Å². The van der Waals surface area contributed by atoms with E-state index in [-0.39, 0.29) is 11.5 Å². The molecule has 26 heavy (non-hydrogen) atoms. The quantitative estimate of drug-likeness (QED) is 0.662. The minimum atomic E-state index is -0.462. The van der Waals surface area contributed by atoms with Gasteiger partial charge in [0, 0.05) is 17.5 Å². The molecular weight excluding hydrogens is 332 g/mol. The molecule has 3 rings (SSSR count). The van der Waals surface area contributed by atoms with E-state index in [0.717, 1.165) is 29.9 Å². The van der Waals surface area contributed by atoms with Crippen molar-refractivity contribution >= 4 is 16.7 Å². The molecule has 2 heterocycles. The lowest BCUT2D eigenvalue weighted by atomic mass is 10.0. The second-order valence-corrected chi connectivity index (χ2v) is 6.40. The number of hydrogen-bond donors (Lipinski definition) is 2. The molecule has 1 aromatic carbocycles. The van der Waals surface area contributed by atoms with Crippen LogP contribution in [0.3, 0.4) is 0 Å². The molecule has 0 unspecified atom stereocenters. The monoisotopic (exact) mass is 354 g/mol. The van der Waals surface area contributed by atoms with E-state index in [1.165, 1.54) is 0 Å². The van der Waals surface area contributed by atoms with Gasteiger partial charge in [0.05, 0.1) is 22.7 Å². The number of benzene rings is 1. The van der Waals surface area contributed by atoms with Crippen LogP contribution in [-0.2, 0) is 11.2 Å². The fourth-order valence-corrected chi connectivity index (χ4v) is 3.08. The molecular formula is C19H22N4O3. The Balaban J connectivity index is 1.64. The fourth-order valence-electron chi connectivity index (χ4n) is 3.08. The molecule has 0 aliphatic carbocycles. The van der Waals surface area contributed by atoms with E-state index in [1.54, 1.807) is 19.1 Å². The van der Waals surface area contributed by atoms with Crippen LogP contribution >= 0.6 is 0 Å². The summed E-state index contributed by atoms with van der Waals surface area (Å²) in [6.07, 6.45) is 1.59. The molecule has 0 spiro atoms. The van der Waals surface area contributed by atoms with Crippen LogP contribution < -0.4 is 10.9 Å². The maximum atomic E-state index is 12.5. The summed E-state index contributed by atoms with van der Waals surface area (Å²) in [7, 11) is 0. The number of carbonyl (C=O) groups excluding carboxylic acids is 1. The molecule has 7 heteroatoms. The number of rotatable bonds is 6. The van der Waals surface area contributed by atoms with E-state index in [4.69, 9.17) is 4.52 Å². The molecule has 7 nitrogen and oxygen atoms in total. The number of aromatic nitrogens is 3. The Bertz CT molecular complexity index is 970. The maximum absolute atomic E-state index is 12.5. The smallest absolute Gasteiger partial charge is 0.272 e. The molecule has 0 saturated heterocycles. The highest BCUT2D eigenvalue weighted by atomic mass is 16.5. The molecule has 0 saturated carbocycles. The summed E-state index contributed by atoms with van der Waals surface area (Å²) in [6, 6.07) is 7.17. The van der Waals surface area contributed by atoms with Gasteiger partial charge in [-0.1, -0.05) is 23.4 Å². The standard InChI is InChI=1S/C19H22N4O3/c1-11(17-15-7-4-5-8-16(15)19(25)22-21-17)18(24)20-10-6-9-14-12(2)23-26-13(14)3/h4-5,7-8,11H,6,9-10H2,1-3H3,(H,20,24)(H,22,25)/t11-/m0/s1. The minimum absolute atomic E-state index is 0.117. The van der Waals surface area contributed by atoms with Gasteiger partial charge >= 0.3 is 0 Å². The van der Waals surface area contributed by atoms with Crippen LogP contribution in [0.4, 0.5) is 0 Å². The third-order valence-corrected chi connectivity index (χ3v) is 4.61. The summed E-state index contributed by atoms with van der Waals surface area (Å²) < 4.78 is 5.15. The van der Waals surface area contributed by atoms with Crippen LogP contribution in [-0.4, -0.2) is 27.8 Å². The van der Waals surface area contributed by atoms with Crippen molar-refractivity contribution in [2.24, 2.45) is 0 Å². The van der Waals surface area contributed by atoms with Crippen LogP contribution in [0.5, 0.6) is 0 Å². The Morgan fingerprint density at radius 2 is 2.00 bits per heavy atom. The topological polar surface area (TPSA) is 101 Å². The average molecular weight is 354 g/mol. The van der Waals surface area contributed by atoms with Gasteiger partial charge in [-0.15, -0.1) is 0 Å². The van der Waals surface area contributed by atoms with E-state index in [2.05, 4.69) is 20.7 Å². The van der Waals surface area contributed by atoms with Gasteiger partial charge < -0.3 is 9.84 Å². The number of nitrogens with one attached hydrogen (secondary N) is 2. The zero-order chi connectivity index (χ0) is 18.7. The van der Waals surface area contributed by atoms with Gasteiger partial charge in [-0.25, -0.2) is 5.10 Å². The minimum Gasteiger partial charge on any atom is -0.361 e. The van der Waals surface area contributed by atoms with E-state index in [0.29, 0.717) is 23.0 Å². The van der Waals surface area contributed by atoms with Gasteiger partial charge in [-0.05, 0) is 39.7 Å². The normalized spacial score (nSPS) is 12.3. The molecule has 0 bridgehead atoms. The second-order valence-electron chi connectivity index (χ2n) is 6.40. The Morgan fingerprint density at radius 3 is 2.69 bits per heavy atom. The Hall–Kier alpha value is -2.96. The predicted molar refractivity (Wildman–Crippen MR) is 98.1 cm³/mol. The summed E-state index contributed by atoms with van der Waals surface area (Å²) in [4.78, 5) is 24.4. The van der Waals surface area contributed by atoms with Crippen LogP contribution in [0, 0.1) is 13.8 Å². The summed E-state index contributed by atoms with van der Waals surface area (Å²) in [5, 5.41) is 14.7. The van der Waals surface area contributed by atoms with Crippen molar-refractivity contribution in [3.05, 3.63) is 57.3 Å². The van der Waals surface area contributed by atoms with Crippen LogP contribution in [0.25, 0.3) is 10.8 Å². The summed E-state index contributed by atoms with van der Waals surface area (Å²) in [5.74, 6) is 0.246. The predicted octanol–water partition coefficient (Wildman–Crippen LogP) is 2.38. The lowest BCUT2D eigenvalue weighted by Crippen LogP contribution is -2.30. The lowest BCUT2D eigenvalue weighted by Gasteiger charge is -2.13. The number of H-pyrrole nitrogens is 1. The maximum Gasteiger partial charge on any atom is 0.272 e. The third kappa shape index (κ3) is 3.51. The number of nitrogens with zero attached hydrogens (tertiary/aromatic N) is 2. The van der Waals surface area contributed by atoms with E-state index in [9.17, 15) is 9.59 Å². The fraction of sp³-hybridized carbons (Fsp3) is 0.368. The SMILES string of the molecule is Cc1noc(C)c1CCCNC(=O)[C@@H](C)c1n[nH]c(=O)c2ccccc12. The van der Waals surface area contributed by atoms with E-state index < -0.39 is 5.92 Å². The largest absolute Gasteiger partial charge is 0.361 e. The zero-order valence-electron chi connectivity index (χ0n) is 15.1. The summed E-state index contributed by atoms with van der Waals surface area (Å²) in [5.41, 5.74) is 2.31. The van der Waals surface area contributed by atoms with Crippen molar-refractivity contribution in [1.29, 1.82) is 0 Å². The number of aryl methyl sites for hydroxylation is 2. The number of fused-ring (bicyclic) bond motifs is 1. The molecule has 1 amide bonds. The van der Waals surface area contributed by atoms with Crippen molar-refractivity contribution in [3.8, 4) is 0 Å². The molecule has 0 aliphatic heterocycles. The highest BCUT2D eigenvalue weighted by Crippen LogP contribution is 2.21. The van der Waals surface area contributed by atoms with Crippen molar-refractivity contribution in [3.63, 3.8) is 0 Å². The first-order valence-corrected chi connectivity index (χ1v) is 8.65. The van der Waals surface area contributed by atoms with Crippen LogP contribution in [0.2, 0.25) is 0 Å². The Kier molecular flexibility index (Phi) is 5.16. The molecule has 136 valence electrons. The summed E-state index contributed by atoms with van der Waals surface area (Å²) >= 11 is 0. The molecule has 0 fully saturated rings. The average Bonchev–Trinajstić information content (AvgIpc) is 2.97. The zero-order valence-corrected chi connectivity index (χ0v) is 15.1. The molecule has 3 aromatic rings.